The third-order valence-corrected chi connectivity index (χ3v) is 8.44. The summed E-state index contributed by atoms with van der Waals surface area (Å²) in [5, 5.41) is 0. The van der Waals surface area contributed by atoms with Crippen LogP contribution in [0.15, 0.2) is 0 Å². The summed E-state index contributed by atoms with van der Waals surface area (Å²) >= 11 is 0. The van der Waals surface area contributed by atoms with Gasteiger partial charge in [0.2, 0.25) is 0 Å². The maximum atomic E-state index is 13.2. The molecule has 0 aromatic rings. The number of carbonyl (C=O) groups excluding carboxylic acids is 2. The van der Waals surface area contributed by atoms with Crippen molar-refractivity contribution in [2.24, 2.45) is 34.5 Å². The molecule has 4 aliphatic carbocycles. The van der Waals surface area contributed by atoms with E-state index in [1.165, 1.54) is 6.42 Å². The summed E-state index contributed by atoms with van der Waals surface area (Å²) < 4.78 is 10.9. The molecule has 0 radical (unpaired) electrons. The molecule has 0 N–H and O–H groups in total. The number of rotatable bonds is 3. The molecule has 0 saturated heterocycles. The fraction of sp³-hybridized carbons (Fsp3) is 0.905. The summed E-state index contributed by atoms with van der Waals surface area (Å²) in [5.41, 5.74) is -0.264. The Morgan fingerprint density at radius 1 is 1.12 bits per heavy atom. The standard InChI is InChI=1S/C21H32O4/c1-20-9-8-14(25-12-24-3)10-13(20)4-5-15-16-6-7-18(23)21(16,2)11-17(22)19(15)20/h13-16,19H,4-12H2,1-3H3/t13-,14+,15-,16-,19+,20-,21-/m0/s1. The minimum Gasteiger partial charge on any atom is -0.359 e. The minimum absolute atomic E-state index is 0.0971. The average Bonchev–Trinajstić information content (AvgIpc) is 2.87. The van der Waals surface area contributed by atoms with Gasteiger partial charge < -0.3 is 9.47 Å². The largest absolute Gasteiger partial charge is 0.359 e. The lowest BCUT2D eigenvalue weighted by Crippen LogP contribution is -2.57. The van der Waals surface area contributed by atoms with Crippen LogP contribution < -0.4 is 0 Å². The number of ketones is 2. The molecular formula is C21H32O4. The SMILES string of the molecule is COCO[C@@H]1CC[C@@]2(C)[C@@H](CC[C@@H]3[C@@H]2C(=O)C[C@]2(C)C(=O)CC[C@@H]32)C1. The van der Waals surface area contributed by atoms with Crippen molar-refractivity contribution in [1.82, 2.24) is 0 Å². The monoisotopic (exact) mass is 348 g/mol. The molecule has 4 saturated carbocycles. The highest BCUT2D eigenvalue weighted by atomic mass is 16.7. The summed E-state index contributed by atoms with van der Waals surface area (Å²) in [4.78, 5) is 25.7. The molecule has 0 unspecified atom stereocenters. The second-order valence-corrected chi connectivity index (χ2v) is 9.52. The van der Waals surface area contributed by atoms with Crippen LogP contribution >= 0.6 is 0 Å². The third-order valence-electron chi connectivity index (χ3n) is 8.44. The molecule has 140 valence electrons. The zero-order valence-corrected chi connectivity index (χ0v) is 15.9. The molecule has 0 heterocycles. The smallest absolute Gasteiger partial charge is 0.146 e. The molecule has 0 aromatic heterocycles. The highest BCUT2D eigenvalue weighted by molar-refractivity contribution is 5.95. The van der Waals surface area contributed by atoms with Crippen LogP contribution in [0.2, 0.25) is 0 Å². The number of hydrogen-bond donors (Lipinski definition) is 0. The van der Waals surface area contributed by atoms with Crippen molar-refractivity contribution in [3.8, 4) is 0 Å². The quantitative estimate of drug-likeness (QED) is 0.729. The van der Waals surface area contributed by atoms with Crippen LogP contribution in [0.5, 0.6) is 0 Å². The first-order valence-corrected chi connectivity index (χ1v) is 10.1. The second-order valence-electron chi connectivity index (χ2n) is 9.52. The summed E-state index contributed by atoms with van der Waals surface area (Å²) in [6.45, 7) is 4.80. The number of methoxy groups -OCH3 is 1. The summed E-state index contributed by atoms with van der Waals surface area (Å²) in [7, 11) is 1.67. The molecule has 4 heteroatoms. The van der Waals surface area contributed by atoms with Crippen LogP contribution in [0.25, 0.3) is 0 Å². The first-order chi connectivity index (χ1) is 11.9. The Morgan fingerprint density at radius 2 is 1.92 bits per heavy atom. The average molecular weight is 348 g/mol. The van der Waals surface area contributed by atoms with Gasteiger partial charge in [-0.05, 0) is 61.7 Å². The number of ether oxygens (including phenoxy) is 2. The van der Waals surface area contributed by atoms with Crippen molar-refractivity contribution in [3.05, 3.63) is 0 Å². The summed E-state index contributed by atoms with van der Waals surface area (Å²) in [5.74, 6) is 2.31. The normalized spacial score (nSPS) is 49.5. The van der Waals surface area contributed by atoms with Gasteiger partial charge in [-0.15, -0.1) is 0 Å². The molecule has 0 aliphatic heterocycles. The first-order valence-electron chi connectivity index (χ1n) is 10.1. The first kappa shape index (κ1) is 17.7. The van der Waals surface area contributed by atoms with E-state index in [0.29, 0.717) is 49.0 Å². The van der Waals surface area contributed by atoms with Gasteiger partial charge in [0, 0.05) is 31.3 Å². The lowest BCUT2D eigenvalue weighted by molar-refractivity contribution is -0.168. The maximum absolute atomic E-state index is 13.2. The Balaban J connectivity index is 1.57. The van der Waals surface area contributed by atoms with E-state index in [4.69, 9.17) is 9.47 Å². The molecule has 0 bridgehead atoms. The summed E-state index contributed by atoms with van der Waals surface area (Å²) in [6.07, 6.45) is 7.88. The molecule has 4 aliphatic rings. The Labute approximate surface area is 151 Å². The number of carbonyl (C=O) groups is 2. The Bertz CT molecular complexity index is 572. The third kappa shape index (κ3) is 2.55. The van der Waals surface area contributed by atoms with Crippen LogP contribution in [0.1, 0.15) is 65.2 Å². The van der Waals surface area contributed by atoms with Crippen molar-refractivity contribution >= 4 is 11.6 Å². The van der Waals surface area contributed by atoms with Gasteiger partial charge in [0.05, 0.1) is 6.10 Å². The molecule has 0 spiro atoms. The second kappa shape index (κ2) is 6.16. The van der Waals surface area contributed by atoms with Crippen molar-refractivity contribution in [3.63, 3.8) is 0 Å². The molecule has 4 rings (SSSR count). The van der Waals surface area contributed by atoms with E-state index in [1.54, 1.807) is 7.11 Å². The van der Waals surface area contributed by atoms with E-state index in [1.807, 2.05) is 0 Å². The molecule has 4 nitrogen and oxygen atoms in total. The zero-order chi connectivity index (χ0) is 17.8. The van der Waals surface area contributed by atoms with E-state index < -0.39 is 0 Å². The van der Waals surface area contributed by atoms with Crippen molar-refractivity contribution in [2.75, 3.05) is 13.9 Å². The summed E-state index contributed by atoms with van der Waals surface area (Å²) in [6, 6.07) is 0. The lowest BCUT2D eigenvalue weighted by atomic mass is 9.45. The predicted molar refractivity (Wildman–Crippen MR) is 93.9 cm³/mol. The highest BCUT2D eigenvalue weighted by Gasteiger charge is 2.63. The maximum Gasteiger partial charge on any atom is 0.146 e. The van der Waals surface area contributed by atoms with E-state index in [2.05, 4.69) is 13.8 Å². The Morgan fingerprint density at radius 3 is 2.68 bits per heavy atom. The molecule has 25 heavy (non-hydrogen) atoms. The van der Waals surface area contributed by atoms with Gasteiger partial charge in [0.1, 0.15) is 18.4 Å². The molecule has 4 fully saturated rings. The minimum atomic E-state index is -0.361. The molecule has 0 amide bonds. The topological polar surface area (TPSA) is 52.6 Å². The van der Waals surface area contributed by atoms with E-state index >= 15 is 0 Å². The van der Waals surface area contributed by atoms with Gasteiger partial charge in [-0.2, -0.15) is 0 Å². The number of Topliss-reactive ketones (excluding diaryl/α,β-unsaturated/α-hetero) is 2. The molecule has 0 aromatic carbocycles. The van der Waals surface area contributed by atoms with E-state index in [0.717, 1.165) is 32.1 Å². The molecule has 7 atom stereocenters. The Kier molecular flexibility index (Phi) is 4.35. The fourth-order valence-corrected chi connectivity index (χ4v) is 7.13. The lowest BCUT2D eigenvalue weighted by Gasteiger charge is -2.59. The van der Waals surface area contributed by atoms with Crippen molar-refractivity contribution < 1.29 is 19.1 Å². The van der Waals surface area contributed by atoms with Gasteiger partial charge in [-0.25, -0.2) is 0 Å². The van der Waals surface area contributed by atoms with Crippen LogP contribution in [0.3, 0.4) is 0 Å². The molecular weight excluding hydrogens is 316 g/mol. The van der Waals surface area contributed by atoms with Gasteiger partial charge in [-0.3, -0.25) is 9.59 Å². The number of fused-ring (bicyclic) bond motifs is 5. The van der Waals surface area contributed by atoms with Crippen molar-refractivity contribution in [1.29, 1.82) is 0 Å². The fourth-order valence-electron chi connectivity index (χ4n) is 7.13. The van der Waals surface area contributed by atoms with Crippen molar-refractivity contribution in [2.45, 2.75) is 71.3 Å². The number of hydrogen-bond acceptors (Lipinski definition) is 4. The van der Waals surface area contributed by atoms with Crippen LogP contribution in [0, 0.1) is 34.5 Å². The van der Waals surface area contributed by atoms with Gasteiger partial charge in [-0.1, -0.05) is 13.8 Å². The van der Waals surface area contributed by atoms with Gasteiger partial charge in [0.15, 0.2) is 0 Å². The van der Waals surface area contributed by atoms with Gasteiger partial charge in [0.25, 0.3) is 0 Å². The van der Waals surface area contributed by atoms with E-state index in [-0.39, 0.29) is 22.9 Å². The van der Waals surface area contributed by atoms with E-state index in [9.17, 15) is 9.59 Å². The predicted octanol–water partition coefficient (Wildman–Crippen LogP) is 3.77. The van der Waals surface area contributed by atoms with Gasteiger partial charge >= 0.3 is 0 Å². The van der Waals surface area contributed by atoms with Crippen LogP contribution in [0.4, 0.5) is 0 Å². The van der Waals surface area contributed by atoms with Crippen LogP contribution in [-0.4, -0.2) is 31.6 Å². The zero-order valence-electron chi connectivity index (χ0n) is 15.9. The van der Waals surface area contributed by atoms with Crippen LogP contribution in [-0.2, 0) is 19.1 Å². The Hall–Kier alpha value is -0.740. The highest BCUT2D eigenvalue weighted by Crippen LogP contribution is 2.64.